The average Bonchev–Trinajstić information content (AvgIpc) is 3.04. The van der Waals surface area contributed by atoms with E-state index >= 15 is 0 Å². The third-order valence-electron chi connectivity index (χ3n) is 4.54. The van der Waals surface area contributed by atoms with Crippen molar-refractivity contribution in [3.8, 4) is 0 Å². The van der Waals surface area contributed by atoms with E-state index in [4.69, 9.17) is 5.73 Å². The summed E-state index contributed by atoms with van der Waals surface area (Å²) < 4.78 is 0. The lowest BCUT2D eigenvalue weighted by Gasteiger charge is -2.34. The summed E-state index contributed by atoms with van der Waals surface area (Å²) in [5.74, 6) is -0.0460. The van der Waals surface area contributed by atoms with Crippen LogP contribution in [-0.2, 0) is 6.54 Å². The van der Waals surface area contributed by atoms with Crippen molar-refractivity contribution in [1.82, 2.24) is 4.90 Å². The predicted octanol–water partition coefficient (Wildman–Crippen LogP) is 2.79. The van der Waals surface area contributed by atoms with Crippen LogP contribution < -0.4 is 5.73 Å². The molecule has 23 heavy (non-hydrogen) atoms. The van der Waals surface area contributed by atoms with Crippen molar-refractivity contribution in [2.45, 2.75) is 25.5 Å². The van der Waals surface area contributed by atoms with Crippen LogP contribution in [0.5, 0.6) is 0 Å². The second-order valence-corrected chi connectivity index (χ2v) is 7.13. The predicted molar refractivity (Wildman–Crippen MR) is 92.2 cm³/mol. The number of carbonyl (C=O) groups is 1. The summed E-state index contributed by atoms with van der Waals surface area (Å²) in [4.78, 5) is 14.7. The quantitative estimate of drug-likeness (QED) is 0.886. The Morgan fingerprint density at radius 3 is 2.61 bits per heavy atom. The number of primary amides is 1. The second kappa shape index (κ2) is 7.25. The zero-order chi connectivity index (χ0) is 16.2. The smallest absolute Gasteiger partial charge is 0.249 e. The Bertz CT molecular complexity index is 648. The molecule has 4 nitrogen and oxygen atoms in total. The van der Waals surface area contributed by atoms with Crippen molar-refractivity contribution >= 4 is 17.2 Å². The van der Waals surface area contributed by atoms with Gasteiger partial charge in [-0.05, 0) is 43.5 Å². The van der Waals surface area contributed by atoms with E-state index in [0.717, 1.165) is 38.0 Å². The minimum Gasteiger partial charge on any atom is -0.388 e. The number of benzene rings is 1. The molecule has 1 aromatic carbocycles. The first-order valence-corrected chi connectivity index (χ1v) is 8.84. The number of amides is 1. The fourth-order valence-corrected chi connectivity index (χ4v) is 4.08. The van der Waals surface area contributed by atoms with E-state index < -0.39 is 0 Å². The lowest BCUT2D eigenvalue weighted by Crippen LogP contribution is -2.35. The summed E-state index contributed by atoms with van der Waals surface area (Å²) in [5, 5.41) is 12.3. The number of carbonyl (C=O) groups excluding carboxylic acids is 1. The molecule has 0 radical (unpaired) electrons. The highest BCUT2D eigenvalue weighted by Gasteiger charge is 2.26. The Kier molecular flexibility index (Phi) is 5.10. The summed E-state index contributed by atoms with van der Waals surface area (Å²) in [5.41, 5.74) is 6.90. The second-order valence-electron chi connectivity index (χ2n) is 6.14. The van der Waals surface area contributed by atoms with Crippen LogP contribution in [0.2, 0.25) is 0 Å². The first-order valence-electron chi connectivity index (χ1n) is 7.96. The number of hydrogen-bond acceptors (Lipinski definition) is 4. The van der Waals surface area contributed by atoms with Gasteiger partial charge in [-0.25, -0.2) is 0 Å². The number of nitrogens with two attached hydrogens (primary N) is 1. The minimum atomic E-state index is -0.374. The molecule has 1 aliphatic heterocycles. The fourth-order valence-electron chi connectivity index (χ4n) is 3.16. The number of likely N-dealkylation sites (tertiary alicyclic amines) is 1. The molecular weight excluding hydrogens is 308 g/mol. The molecule has 1 fully saturated rings. The summed E-state index contributed by atoms with van der Waals surface area (Å²) in [7, 11) is 0. The zero-order valence-electron chi connectivity index (χ0n) is 13.0. The van der Waals surface area contributed by atoms with Crippen LogP contribution in [-0.4, -0.2) is 29.0 Å². The summed E-state index contributed by atoms with van der Waals surface area (Å²) in [6, 6.07) is 11.8. The largest absolute Gasteiger partial charge is 0.388 e. The van der Waals surface area contributed by atoms with Gasteiger partial charge in [-0.15, -0.1) is 11.3 Å². The summed E-state index contributed by atoms with van der Waals surface area (Å²) in [6.07, 6.45) is 1.61. The molecule has 2 heterocycles. The molecular formula is C18H22N2O2S. The summed E-state index contributed by atoms with van der Waals surface area (Å²) >= 11 is 1.58. The van der Waals surface area contributed by atoms with E-state index in [1.165, 1.54) is 4.88 Å². The Labute approximate surface area is 140 Å². The zero-order valence-corrected chi connectivity index (χ0v) is 13.8. The van der Waals surface area contributed by atoms with Crippen LogP contribution in [0.15, 0.2) is 41.8 Å². The number of aliphatic hydroxyl groups is 1. The van der Waals surface area contributed by atoms with Gasteiger partial charge >= 0.3 is 0 Å². The minimum absolute atomic E-state index is 0.318. The topological polar surface area (TPSA) is 66.6 Å². The number of aliphatic hydroxyl groups excluding tert-OH is 1. The molecule has 3 N–H and O–H groups in total. The molecule has 0 unspecified atom stereocenters. The van der Waals surface area contributed by atoms with E-state index in [1.54, 1.807) is 11.3 Å². The lowest BCUT2D eigenvalue weighted by atomic mass is 9.87. The van der Waals surface area contributed by atoms with Gasteiger partial charge in [-0.1, -0.05) is 30.3 Å². The fraction of sp³-hybridized carbons (Fsp3) is 0.389. The van der Waals surface area contributed by atoms with Gasteiger partial charge in [0.1, 0.15) is 0 Å². The molecule has 1 amide bonds. The average molecular weight is 330 g/mol. The lowest BCUT2D eigenvalue weighted by molar-refractivity contribution is 0.0570. The van der Waals surface area contributed by atoms with Gasteiger partial charge in [0.05, 0.1) is 11.7 Å². The molecule has 0 aliphatic carbocycles. The van der Waals surface area contributed by atoms with E-state index in [0.29, 0.717) is 11.5 Å². The number of rotatable bonds is 5. The van der Waals surface area contributed by atoms with Crippen LogP contribution in [0.3, 0.4) is 0 Å². The van der Waals surface area contributed by atoms with Crippen LogP contribution in [0, 0.1) is 5.92 Å². The molecule has 3 rings (SSSR count). The molecule has 1 aromatic heterocycles. The molecule has 0 bridgehead atoms. The first kappa shape index (κ1) is 16.2. The van der Waals surface area contributed by atoms with Crippen molar-refractivity contribution in [2.24, 2.45) is 11.7 Å². The van der Waals surface area contributed by atoms with Crippen molar-refractivity contribution in [1.29, 1.82) is 0 Å². The number of hydrogen-bond donors (Lipinski definition) is 2. The summed E-state index contributed by atoms with van der Waals surface area (Å²) in [6.45, 7) is 2.79. The van der Waals surface area contributed by atoms with Gasteiger partial charge in [0.2, 0.25) is 5.91 Å². The molecule has 122 valence electrons. The van der Waals surface area contributed by atoms with Crippen LogP contribution in [0.1, 0.15) is 39.7 Å². The Hall–Kier alpha value is -1.69. The van der Waals surface area contributed by atoms with Crippen LogP contribution in [0.25, 0.3) is 0 Å². The maximum Gasteiger partial charge on any atom is 0.249 e. The van der Waals surface area contributed by atoms with E-state index in [1.807, 2.05) is 41.8 Å². The highest BCUT2D eigenvalue weighted by atomic mass is 32.1. The molecule has 1 atom stereocenters. The molecule has 0 saturated carbocycles. The highest BCUT2D eigenvalue weighted by molar-refractivity contribution is 7.10. The third-order valence-corrected chi connectivity index (χ3v) is 5.46. The van der Waals surface area contributed by atoms with Crippen LogP contribution in [0.4, 0.5) is 0 Å². The number of thiophene rings is 1. The standard InChI is InChI=1S/C18H22N2O2S/c19-18(22)15-10-16(23-12-15)11-20-8-6-14(7-9-20)17(21)13-4-2-1-3-5-13/h1-5,10,12,14,17,21H,6-9,11H2,(H2,19,22)/t17-/m1/s1. The monoisotopic (exact) mass is 330 g/mol. The van der Waals surface area contributed by atoms with Crippen molar-refractivity contribution < 1.29 is 9.90 Å². The number of piperidine rings is 1. The van der Waals surface area contributed by atoms with E-state index in [-0.39, 0.29) is 12.0 Å². The van der Waals surface area contributed by atoms with Gasteiger partial charge in [0.15, 0.2) is 0 Å². The molecule has 1 saturated heterocycles. The Balaban J connectivity index is 1.53. The third kappa shape index (κ3) is 3.99. The Morgan fingerprint density at radius 1 is 1.30 bits per heavy atom. The molecule has 2 aromatic rings. The van der Waals surface area contributed by atoms with Crippen molar-refractivity contribution in [3.05, 3.63) is 57.8 Å². The van der Waals surface area contributed by atoms with Gasteiger partial charge in [0.25, 0.3) is 0 Å². The van der Waals surface area contributed by atoms with Gasteiger partial charge < -0.3 is 10.8 Å². The SMILES string of the molecule is NC(=O)c1csc(CN2CCC([C@H](O)c3ccccc3)CC2)c1. The molecule has 1 aliphatic rings. The van der Waals surface area contributed by atoms with Gasteiger partial charge in [-0.2, -0.15) is 0 Å². The van der Waals surface area contributed by atoms with Gasteiger partial charge in [-0.3, -0.25) is 9.69 Å². The Morgan fingerprint density at radius 2 is 2.00 bits per heavy atom. The van der Waals surface area contributed by atoms with Crippen molar-refractivity contribution in [2.75, 3.05) is 13.1 Å². The normalized spacial score (nSPS) is 18.0. The molecule has 5 heteroatoms. The first-order chi connectivity index (χ1) is 11.1. The van der Waals surface area contributed by atoms with Crippen LogP contribution >= 0.6 is 11.3 Å². The maximum atomic E-state index is 11.1. The van der Waals surface area contributed by atoms with E-state index in [2.05, 4.69) is 4.90 Å². The number of nitrogens with zero attached hydrogens (tertiary/aromatic N) is 1. The van der Waals surface area contributed by atoms with E-state index in [9.17, 15) is 9.90 Å². The maximum absolute atomic E-state index is 11.1. The highest BCUT2D eigenvalue weighted by Crippen LogP contribution is 2.31. The molecule has 0 spiro atoms. The van der Waals surface area contributed by atoms with Gasteiger partial charge in [0, 0.05) is 16.8 Å². The van der Waals surface area contributed by atoms with Crippen molar-refractivity contribution in [3.63, 3.8) is 0 Å².